The molecule has 0 atom stereocenters. The Morgan fingerprint density at radius 2 is 1.82 bits per heavy atom. The standard InChI is InChI=1S/C20H25N7O4S.ClH/c1-4-9-32-20-25-24-17(31-20)18(28)26-5-7-27(8-6-26)19-22-13-11-15(30-3)14(29-2)10-12(13)16(21)23-19;/h10-11H,4-9H2,1-3H3,(H2,21,22,23);1H. The number of nitrogens with zero attached hydrogens (tertiary/aromatic N) is 6. The average Bonchev–Trinajstić information content (AvgIpc) is 3.30. The van der Waals surface area contributed by atoms with Gasteiger partial charge in [0, 0.05) is 43.4 Å². The molecule has 0 saturated carbocycles. The van der Waals surface area contributed by atoms with E-state index in [0.717, 1.165) is 12.2 Å². The van der Waals surface area contributed by atoms with Crippen LogP contribution in [0.1, 0.15) is 24.0 Å². The van der Waals surface area contributed by atoms with E-state index in [-0.39, 0.29) is 24.2 Å². The first-order valence-corrected chi connectivity index (χ1v) is 11.2. The van der Waals surface area contributed by atoms with Gasteiger partial charge < -0.3 is 29.4 Å². The van der Waals surface area contributed by atoms with Crippen molar-refractivity contribution < 1.29 is 18.7 Å². The monoisotopic (exact) mass is 495 g/mol. The third kappa shape index (κ3) is 5.17. The molecule has 1 saturated heterocycles. The van der Waals surface area contributed by atoms with E-state index in [1.165, 1.54) is 11.8 Å². The molecule has 1 amide bonds. The summed E-state index contributed by atoms with van der Waals surface area (Å²) in [6, 6.07) is 3.54. The van der Waals surface area contributed by atoms with Crippen molar-refractivity contribution in [1.29, 1.82) is 0 Å². The van der Waals surface area contributed by atoms with Crippen LogP contribution in [0.15, 0.2) is 21.8 Å². The van der Waals surface area contributed by atoms with Crippen LogP contribution in [-0.4, -0.2) is 77.1 Å². The maximum absolute atomic E-state index is 12.7. The number of anilines is 2. The first-order chi connectivity index (χ1) is 15.5. The molecule has 178 valence electrons. The van der Waals surface area contributed by atoms with E-state index >= 15 is 0 Å². The van der Waals surface area contributed by atoms with Crippen LogP contribution in [0.25, 0.3) is 10.9 Å². The number of carbonyl (C=O) groups is 1. The number of fused-ring (bicyclic) bond motifs is 1. The summed E-state index contributed by atoms with van der Waals surface area (Å²) in [5.41, 5.74) is 6.86. The lowest BCUT2D eigenvalue weighted by Gasteiger charge is -2.34. The van der Waals surface area contributed by atoms with Gasteiger partial charge in [0.05, 0.1) is 19.7 Å². The molecular weight excluding hydrogens is 470 g/mol. The van der Waals surface area contributed by atoms with Crippen molar-refractivity contribution in [3.63, 3.8) is 0 Å². The van der Waals surface area contributed by atoms with Gasteiger partial charge in [-0.2, -0.15) is 4.98 Å². The molecule has 33 heavy (non-hydrogen) atoms. The largest absolute Gasteiger partial charge is 0.493 e. The summed E-state index contributed by atoms with van der Waals surface area (Å²) in [4.78, 5) is 25.5. The summed E-state index contributed by atoms with van der Waals surface area (Å²) in [6.45, 7) is 4.12. The van der Waals surface area contributed by atoms with Gasteiger partial charge >= 0.3 is 11.8 Å². The lowest BCUT2D eigenvalue weighted by molar-refractivity contribution is 0.0700. The van der Waals surface area contributed by atoms with E-state index in [0.29, 0.717) is 65.6 Å². The molecule has 2 N–H and O–H groups in total. The van der Waals surface area contributed by atoms with Gasteiger partial charge in [-0.25, -0.2) is 4.98 Å². The van der Waals surface area contributed by atoms with Crippen molar-refractivity contribution in [3.8, 4) is 11.5 Å². The number of hydrogen-bond acceptors (Lipinski definition) is 11. The van der Waals surface area contributed by atoms with E-state index in [4.69, 9.17) is 19.6 Å². The smallest absolute Gasteiger partial charge is 0.311 e. The number of piperazine rings is 1. The van der Waals surface area contributed by atoms with Crippen molar-refractivity contribution in [2.45, 2.75) is 18.6 Å². The highest BCUT2D eigenvalue weighted by atomic mass is 35.5. The fourth-order valence-electron chi connectivity index (χ4n) is 3.40. The van der Waals surface area contributed by atoms with Crippen LogP contribution >= 0.6 is 24.2 Å². The second-order valence-electron chi connectivity index (χ2n) is 7.13. The molecular formula is C20H26ClN7O4S. The molecule has 3 aromatic rings. The van der Waals surface area contributed by atoms with Gasteiger partial charge in [-0.05, 0) is 12.5 Å². The fourth-order valence-corrected chi connectivity index (χ4v) is 4.01. The van der Waals surface area contributed by atoms with E-state index in [2.05, 4.69) is 27.1 Å². The summed E-state index contributed by atoms with van der Waals surface area (Å²) in [7, 11) is 3.13. The van der Waals surface area contributed by atoms with E-state index in [1.54, 1.807) is 31.3 Å². The number of halogens is 1. The van der Waals surface area contributed by atoms with Crippen LogP contribution < -0.4 is 20.1 Å². The summed E-state index contributed by atoms with van der Waals surface area (Å²) >= 11 is 1.45. The van der Waals surface area contributed by atoms with E-state index in [1.807, 2.05) is 4.90 Å². The number of carbonyl (C=O) groups excluding carboxylic acids is 1. The minimum absolute atomic E-state index is 0. The lowest BCUT2D eigenvalue weighted by atomic mass is 10.2. The first-order valence-electron chi connectivity index (χ1n) is 10.2. The van der Waals surface area contributed by atoms with Crippen LogP contribution in [0, 0.1) is 0 Å². The van der Waals surface area contributed by atoms with Crippen molar-refractivity contribution in [3.05, 3.63) is 18.0 Å². The molecule has 1 aliphatic rings. The van der Waals surface area contributed by atoms with Gasteiger partial charge in [-0.15, -0.1) is 22.6 Å². The SMILES string of the molecule is CCCSc1nnc(C(=O)N2CCN(c3nc(N)c4cc(OC)c(OC)cc4n3)CC2)o1.Cl. The Kier molecular flexibility index (Phi) is 8.03. The Bertz CT molecular complexity index is 1120. The van der Waals surface area contributed by atoms with Gasteiger partial charge in [-0.3, -0.25) is 4.79 Å². The Labute approximate surface area is 201 Å². The molecule has 0 spiro atoms. The number of nitrogen functional groups attached to an aromatic ring is 1. The quantitative estimate of drug-likeness (QED) is 0.484. The van der Waals surface area contributed by atoms with Crippen molar-refractivity contribution >= 4 is 52.7 Å². The van der Waals surface area contributed by atoms with Crippen molar-refractivity contribution in [2.24, 2.45) is 0 Å². The van der Waals surface area contributed by atoms with Gasteiger partial charge in [0.15, 0.2) is 11.5 Å². The third-order valence-corrected chi connectivity index (χ3v) is 6.11. The molecule has 11 nitrogen and oxygen atoms in total. The number of ether oxygens (including phenoxy) is 2. The molecule has 0 radical (unpaired) electrons. The molecule has 1 aliphatic heterocycles. The predicted molar refractivity (Wildman–Crippen MR) is 128 cm³/mol. The van der Waals surface area contributed by atoms with Gasteiger partial charge in [0.2, 0.25) is 5.95 Å². The summed E-state index contributed by atoms with van der Waals surface area (Å²) in [5.74, 6) is 2.60. The molecule has 1 fully saturated rings. The maximum atomic E-state index is 12.7. The van der Waals surface area contributed by atoms with Crippen LogP contribution in [-0.2, 0) is 0 Å². The Hall–Kier alpha value is -2.99. The molecule has 0 bridgehead atoms. The number of thioether (sulfide) groups is 1. The summed E-state index contributed by atoms with van der Waals surface area (Å²) in [5, 5.41) is 8.93. The topological polar surface area (TPSA) is 133 Å². The Morgan fingerprint density at radius 1 is 1.12 bits per heavy atom. The highest BCUT2D eigenvalue weighted by Gasteiger charge is 2.27. The molecule has 4 rings (SSSR count). The molecule has 0 aliphatic carbocycles. The maximum Gasteiger partial charge on any atom is 0.311 e. The minimum atomic E-state index is -0.267. The third-order valence-electron chi connectivity index (χ3n) is 5.09. The zero-order valence-electron chi connectivity index (χ0n) is 18.6. The molecule has 1 aromatic carbocycles. The number of hydrogen-bond donors (Lipinski definition) is 1. The van der Waals surface area contributed by atoms with E-state index in [9.17, 15) is 4.79 Å². The summed E-state index contributed by atoms with van der Waals surface area (Å²) < 4.78 is 16.2. The number of amides is 1. The highest BCUT2D eigenvalue weighted by Crippen LogP contribution is 2.34. The van der Waals surface area contributed by atoms with Crippen LogP contribution in [0.4, 0.5) is 11.8 Å². The highest BCUT2D eigenvalue weighted by molar-refractivity contribution is 7.99. The van der Waals surface area contributed by atoms with E-state index < -0.39 is 0 Å². The molecule has 0 unspecified atom stereocenters. The van der Waals surface area contributed by atoms with Crippen LogP contribution in [0.2, 0.25) is 0 Å². The Morgan fingerprint density at radius 3 is 2.48 bits per heavy atom. The number of benzene rings is 1. The second-order valence-corrected chi connectivity index (χ2v) is 8.18. The Balaban J connectivity index is 0.00000306. The normalized spacial score (nSPS) is 13.7. The number of aromatic nitrogens is 4. The zero-order valence-corrected chi connectivity index (χ0v) is 20.2. The van der Waals surface area contributed by atoms with Crippen molar-refractivity contribution in [1.82, 2.24) is 25.1 Å². The second kappa shape index (κ2) is 10.8. The zero-order chi connectivity index (χ0) is 22.7. The van der Waals surface area contributed by atoms with Gasteiger partial charge in [-0.1, -0.05) is 18.7 Å². The van der Waals surface area contributed by atoms with Crippen LogP contribution in [0.5, 0.6) is 11.5 Å². The molecule has 13 heteroatoms. The number of rotatable bonds is 7. The molecule has 2 aromatic heterocycles. The predicted octanol–water partition coefficient (Wildman–Crippen LogP) is 2.50. The van der Waals surface area contributed by atoms with Crippen LogP contribution in [0.3, 0.4) is 0 Å². The summed E-state index contributed by atoms with van der Waals surface area (Å²) in [6.07, 6.45) is 0.986. The lowest BCUT2D eigenvalue weighted by Crippen LogP contribution is -2.49. The molecule has 3 heterocycles. The number of nitrogens with two attached hydrogens (primary N) is 1. The van der Waals surface area contributed by atoms with Crippen molar-refractivity contribution in [2.75, 3.05) is 56.8 Å². The average molecular weight is 496 g/mol. The van der Waals surface area contributed by atoms with Gasteiger partial charge in [0.1, 0.15) is 5.82 Å². The fraction of sp³-hybridized carbons (Fsp3) is 0.450. The minimum Gasteiger partial charge on any atom is -0.493 e. The van der Waals surface area contributed by atoms with Gasteiger partial charge in [0.25, 0.3) is 5.22 Å². The number of methoxy groups -OCH3 is 2. The first kappa shape index (κ1) is 24.6.